The molecule has 0 fully saturated rings. The lowest BCUT2D eigenvalue weighted by atomic mass is 10.1. The highest BCUT2D eigenvalue weighted by Crippen LogP contribution is 2.26. The van der Waals surface area contributed by atoms with Crippen molar-refractivity contribution < 1.29 is 14.3 Å². The summed E-state index contributed by atoms with van der Waals surface area (Å²) in [4.78, 5) is 26.5. The zero-order valence-electron chi connectivity index (χ0n) is 15.2. The largest absolute Gasteiger partial charge is 0.444 e. The van der Waals surface area contributed by atoms with Crippen LogP contribution in [0.2, 0.25) is 10.0 Å². The number of halogens is 2. The molecule has 3 rings (SSSR count). The van der Waals surface area contributed by atoms with Crippen molar-refractivity contribution in [2.45, 2.75) is 39.3 Å². The second-order valence-electron chi connectivity index (χ2n) is 7.26. The molecule has 0 aliphatic carbocycles. The summed E-state index contributed by atoms with van der Waals surface area (Å²) in [5.41, 5.74) is 1.69. The molecular formula is C18H20Cl2N4O3. The minimum absolute atomic E-state index is 0.240. The molecule has 0 radical (unpaired) electrons. The maximum Gasteiger partial charge on any atom is 0.410 e. The number of aromatic amines is 1. The highest BCUT2D eigenvalue weighted by Gasteiger charge is 2.30. The molecule has 1 aliphatic heterocycles. The Hall–Kier alpha value is -2.25. The molecule has 0 saturated carbocycles. The maximum atomic E-state index is 12.6. The summed E-state index contributed by atoms with van der Waals surface area (Å²) in [6.45, 7) is 6.19. The third-order valence-electron chi connectivity index (χ3n) is 3.98. The van der Waals surface area contributed by atoms with Gasteiger partial charge >= 0.3 is 6.09 Å². The van der Waals surface area contributed by atoms with Gasteiger partial charge in [-0.25, -0.2) is 4.79 Å². The van der Waals surface area contributed by atoms with Crippen LogP contribution in [0.25, 0.3) is 0 Å². The number of nitrogens with zero attached hydrogens (tertiary/aromatic N) is 2. The molecule has 0 atom stereocenters. The van der Waals surface area contributed by atoms with Crippen LogP contribution in [0.3, 0.4) is 0 Å². The van der Waals surface area contributed by atoms with E-state index in [0.717, 1.165) is 5.69 Å². The fourth-order valence-corrected chi connectivity index (χ4v) is 3.03. The van der Waals surface area contributed by atoms with E-state index in [0.29, 0.717) is 34.3 Å². The number of aromatic nitrogens is 2. The highest BCUT2D eigenvalue weighted by molar-refractivity contribution is 6.42. The predicted octanol–water partition coefficient (Wildman–Crippen LogP) is 4.26. The van der Waals surface area contributed by atoms with Crippen molar-refractivity contribution in [3.8, 4) is 0 Å². The molecule has 2 N–H and O–H groups in total. The van der Waals surface area contributed by atoms with Crippen molar-refractivity contribution in [3.05, 3.63) is 45.2 Å². The van der Waals surface area contributed by atoms with E-state index >= 15 is 0 Å². The molecule has 9 heteroatoms. The van der Waals surface area contributed by atoms with Crippen LogP contribution in [-0.4, -0.2) is 39.2 Å². The molecule has 0 bridgehead atoms. The average molecular weight is 411 g/mol. The summed E-state index contributed by atoms with van der Waals surface area (Å²) in [7, 11) is 0. The molecule has 0 saturated heterocycles. The van der Waals surface area contributed by atoms with E-state index in [4.69, 9.17) is 27.9 Å². The number of ether oxygens (including phenoxy) is 1. The average Bonchev–Trinajstić information content (AvgIpc) is 3.00. The first-order valence-electron chi connectivity index (χ1n) is 8.44. The number of carbonyl (C=O) groups excluding carboxylic acids is 2. The summed E-state index contributed by atoms with van der Waals surface area (Å²) < 4.78 is 5.42. The third kappa shape index (κ3) is 4.54. The first kappa shape index (κ1) is 19.5. The topological polar surface area (TPSA) is 87.3 Å². The van der Waals surface area contributed by atoms with Gasteiger partial charge in [-0.2, -0.15) is 5.10 Å². The molecule has 7 nitrogen and oxygen atoms in total. The van der Waals surface area contributed by atoms with E-state index in [1.54, 1.807) is 23.1 Å². The number of hydrogen-bond acceptors (Lipinski definition) is 4. The molecule has 2 heterocycles. The van der Waals surface area contributed by atoms with Gasteiger partial charge in [-0.1, -0.05) is 23.2 Å². The van der Waals surface area contributed by atoms with Crippen LogP contribution < -0.4 is 5.32 Å². The van der Waals surface area contributed by atoms with Crippen LogP contribution in [0.4, 0.5) is 10.5 Å². The second kappa shape index (κ2) is 7.40. The molecule has 144 valence electrons. The van der Waals surface area contributed by atoms with E-state index in [2.05, 4.69) is 15.5 Å². The van der Waals surface area contributed by atoms with Gasteiger partial charge in [0.05, 0.1) is 16.6 Å². The lowest BCUT2D eigenvalue weighted by Crippen LogP contribution is -2.40. The van der Waals surface area contributed by atoms with Gasteiger partial charge in [0.1, 0.15) is 5.60 Å². The molecule has 0 unspecified atom stereocenters. The van der Waals surface area contributed by atoms with Crippen molar-refractivity contribution >= 4 is 40.9 Å². The number of anilines is 1. The molecule has 1 aromatic heterocycles. The molecule has 1 aromatic carbocycles. The Morgan fingerprint density at radius 3 is 2.67 bits per heavy atom. The van der Waals surface area contributed by atoms with Gasteiger partial charge in [-0.15, -0.1) is 0 Å². The number of benzene rings is 1. The van der Waals surface area contributed by atoms with Crippen LogP contribution in [0.1, 0.15) is 42.5 Å². The van der Waals surface area contributed by atoms with Crippen LogP contribution >= 0.6 is 23.2 Å². The summed E-state index contributed by atoms with van der Waals surface area (Å²) in [5, 5.41) is 10.5. The predicted molar refractivity (Wildman–Crippen MR) is 103 cm³/mol. The summed E-state index contributed by atoms with van der Waals surface area (Å²) in [5.74, 6) is -0.392. The second-order valence-corrected chi connectivity index (χ2v) is 8.08. The Morgan fingerprint density at radius 1 is 1.26 bits per heavy atom. The van der Waals surface area contributed by atoms with Crippen LogP contribution in [0.15, 0.2) is 18.2 Å². The minimum Gasteiger partial charge on any atom is -0.444 e. The van der Waals surface area contributed by atoms with Gasteiger partial charge in [0.25, 0.3) is 5.91 Å². The Kier molecular flexibility index (Phi) is 5.35. The third-order valence-corrected chi connectivity index (χ3v) is 4.72. The Labute approximate surface area is 167 Å². The van der Waals surface area contributed by atoms with Crippen molar-refractivity contribution in [3.63, 3.8) is 0 Å². The van der Waals surface area contributed by atoms with E-state index in [1.165, 1.54) is 0 Å². The van der Waals surface area contributed by atoms with Crippen molar-refractivity contribution in [2.75, 3.05) is 11.9 Å². The lowest BCUT2D eigenvalue weighted by Gasteiger charge is -2.30. The van der Waals surface area contributed by atoms with E-state index in [1.807, 2.05) is 20.8 Å². The van der Waals surface area contributed by atoms with Crippen LogP contribution in [-0.2, 0) is 17.7 Å². The number of fused-ring (bicyclic) bond motifs is 1. The first-order chi connectivity index (χ1) is 12.6. The minimum atomic E-state index is -0.582. The number of amides is 2. The van der Waals surface area contributed by atoms with Gasteiger partial charge in [-0.3, -0.25) is 9.89 Å². The van der Waals surface area contributed by atoms with Crippen molar-refractivity contribution in [2.24, 2.45) is 0 Å². The van der Waals surface area contributed by atoms with Crippen LogP contribution in [0, 0.1) is 0 Å². The molecule has 27 heavy (non-hydrogen) atoms. The number of rotatable bonds is 2. The lowest BCUT2D eigenvalue weighted by molar-refractivity contribution is 0.0222. The zero-order valence-corrected chi connectivity index (χ0v) is 16.7. The first-order valence-corrected chi connectivity index (χ1v) is 9.20. The number of H-pyrrole nitrogens is 1. The number of nitrogens with one attached hydrogen (secondary N) is 2. The Bertz CT molecular complexity index is 889. The number of hydrogen-bond donors (Lipinski definition) is 2. The van der Waals surface area contributed by atoms with E-state index in [9.17, 15) is 9.59 Å². The normalized spacial score (nSPS) is 13.9. The molecule has 2 amide bonds. The molecule has 0 spiro atoms. The van der Waals surface area contributed by atoms with Crippen molar-refractivity contribution in [1.82, 2.24) is 15.1 Å². The molecular weight excluding hydrogens is 391 g/mol. The van der Waals surface area contributed by atoms with Gasteiger partial charge in [0.15, 0.2) is 5.69 Å². The Balaban J connectivity index is 1.76. The van der Waals surface area contributed by atoms with Gasteiger partial charge in [0.2, 0.25) is 0 Å². The monoisotopic (exact) mass is 410 g/mol. The van der Waals surface area contributed by atoms with Gasteiger partial charge in [0, 0.05) is 29.9 Å². The van der Waals surface area contributed by atoms with Crippen LogP contribution in [0.5, 0.6) is 0 Å². The Morgan fingerprint density at radius 2 is 2.00 bits per heavy atom. The standard InChI is InChI=1S/C18H20Cl2N4O3/c1-18(2,3)27-17(26)24-7-6-14-11(9-24)15(23-22-14)16(25)21-10-4-5-12(19)13(20)8-10/h4-5,8H,6-7,9H2,1-3H3,(H,21,25)(H,22,23). The fourth-order valence-electron chi connectivity index (χ4n) is 2.73. The summed E-state index contributed by atoms with van der Waals surface area (Å²) in [6.07, 6.45) is 0.159. The zero-order chi connectivity index (χ0) is 19.8. The highest BCUT2D eigenvalue weighted by atomic mass is 35.5. The quantitative estimate of drug-likeness (QED) is 0.773. The summed E-state index contributed by atoms with van der Waals surface area (Å²) in [6, 6.07) is 4.82. The van der Waals surface area contributed by atoms with Gasteiger partial charge in [-0.05, 0) is 39.0 Å². The van der Waals surface area contributed by atoms with E-state index < -0.39 is 17.6 Å². The smallest absolute Gasteiger partial charge is 0.410 e. The summed E-state index contributed by atoms with van der Waals surface area (Å²) >= 11 is 11.9. The van der Waals surface area contributed by atoms with Crippen molar-refractivity contribution in [1.29, 1.82) is 0 Å². The number of carbonyl (C=O) groups is 2. The molecule has 1 aliphatic rings. The fraction of sp³-hybridized carbons (Fsp3) is 0.389. The SMILES string of the molecule is CC(C)(C)OC(=O)N1CCc2[nH]nc(C(=O)Nc3ccc(Cl)c(Cl)c3)c2C1. The maximum absolute atomic E-state index is 12.6. The van der Waals surface area contributed by atoms with Gasteiger partial charge < -0.3 is 15.0 Å². The molecule has 2 aromatic rings. The van der Waals surface area contributed by atoms with E-state index in [-0.39, 0.29) is 12.2 Å².